The first kappa shape index (κ1) is 20.3. The van der Waals surface area contributed by atoms with E-state index in [1.165, 1.54) is 9.25 Å². The fourth-order valence-electron chi connectivity index (χ4n) is 3.78. The lowest BCUT2D eigenvalue weighted by Gasteiger charge is -2.32. The Hall–Kier alpha value is -2.41. The molecule has 3 rings (SSSR count). The van der Waals surface area contributed by atoms with Crippen LogP contribution in [0.5, 0.6) is 0 Å². The van der Waals surface area contributed by atoms with Crippen molar-refractivity contribution in [3.05, 3.63) is 46.1 Å². The van der Waals surface area contributed by atoms with E-state index in [1.807, 2.05) is 38.1 Å². The minimum Gasteiger partial charge on any atom is -0.388 e. The number of benzene rings is 1. The second-order valence-electron chi connectivity index (χ2n) is 7.85. The summed E-state index contributed by atoms with van der Waals surface area (Å²) in [5.41, 5.74) is 0.588. The van der Waals surface area contributed by atoms with Gasteiger partial charge in [-0.05, 0) is 43.9 Å². The summed E-state index contributed by atoms with van der Waals surface area (Å²) in [5.74, 6) is 0.322. The van der Waals surface area contributed by atoms with Gasteiger partial charge in [0, 0.05) is 13.0 Å². The first-order chi connectivity index (χ1) is 13.4. The van der Waals surface area contributed by atoms with Gasteiger partial charge in [-0.1, -0.05) is 38.3 Å². The molecule has 1 aromatic carbocycles. The van der Waals surface area contributed by atoms with E-state index in [2.05, 4.69) is 10.4 Å². The Balaban J connectivity index is 1.76. The predicted molar refractivity (Wildman–Crippen MR) is 108 cm³/mol. The van der Waals surface area contributed by atoms with Crippen LogP contribution in [0, 0.1) is 6.92 Å². The van der Waals surface area contributed by atoms with E-state index in [0.717, 1.165) is 31.2 Å². The lowest BCUT2D eigenvalue weighted by molar-refractivity contribution is -0.123. The average Bonchev–Trinajstić information content (AvgIpc) is 2.97. The highest BCUT2D eigenvalue weighted by Crippen LogP contribution is 2.27. The van der Waals surface area contributed by atoms with Crippen molar-refractivity contribution in [1.29, 1.82) is 0 Å². The van der Waals surface area contributed by atoms with Crippen molar-refractivity contribution < 1.29 is 9.90 Å². The van der Waals surface area contributed by atoms with Crippen molar-refractivity contribution in [2.45, 2.75) is 70.9 Å². The van der Waals surface area contributed by atoms with Crippen molar-refractivity contribution in [2.75, 3.05) is 6.54 Å². The monoisotopic (exact) mass is 386 g/mol. The number of hydrogen-bond donors (Lipinski definition) is 2. The fraction of sp³-hybridized carbons (Fsp3) is 0.571. The van der Waals surface area contributed by atoms with Crippen LogP contribution in [-0.2, 0) is 17.8 Å². The number of aryl methyl sites for hydroxylation is 2. The van der Waals surface area contributed by atoms with Gasteiger partial charge in [0.25, 0.3) is 0 Å². The molecule has 0 radical (unpaired) electrons. The number of nitrogens with one attached hydrogen (secondary N) is 1. The molecule has 0 bridgehead atoms. The summed E-state index contributed by atoms with van der Waals surface area (Å²) in [5, 5.41) is 17.8. The van der Waals surface area contributed by atoms with Crippen LogP contribution in [-0.4, -0.2) is 37.5 Å². The van der Waals surface area contributed by atoms with Crippen LogP contribution >= 0.6 is 0 Å². The molecule has 1 heterocycles. The second-order valence-corrected chi connectivity index (χ2v) is 7.85. The number of hydrogen-bond acceptors (Lipinski definition) is 4. The summed E-state index contributed by atoms with van der Waals surface area (Å²) >= 11 is 0. The topological polar surface area (TPSA) is 89.2 Å². The lowest BCUT2D eigenvalue weighted by Crippen LogP contribution is -2.45. The van der Waals surface area contributed by atoms with Crippen LogP contribution in [0.4, 0.5) is 0 Å². The molecule has 0 aliphatic heterocycles. The zero-order valence-corrected chi connectivity index (χ0v) is 16.8. The van der Waals surface area contributed by atoms with Crippen molar-refractivity contribution >= 4 is 5.91 Å². The highest BCUT2D eigenvalue weighted by Gasteiger charge is 2.29. The van der Waals surface area contributed by atoms with Gasteiger partial charge in [-0.25, -0.2) is 4.79 Å². The third-order valence-electron chi connectivity index (χ3n) is 5.36. The van der Waals surface area contributed by atoms with E-state index in [0.29, 0.717) is 30.8 Å². The van der Waals surface area contributed by atoms with Gasteiger partial charge in [-0.2, -0.15) is 4.68 Å². The first-order valence-corrected chi connectivity index (χ1v) is 10.2. The highest BCUT2D eigenvalue weighted by molar-refractivity contribution is 5.75. The minimum atomic E-state index is -0.823. The molecule has 0 atom stereocenters. The summed E-state index contributed by atoms with van der Waals surface area (Å²) in [6.07, 6.45) is 5.95. The van der Waals surface area contributed by atoms with Crippen LogP contribution in [0.25, 0.3) is 5.69 Å². The Morgan fingerprint density at radius 2 is 2.04 bits per heavy atom. The number of rotatable bonds is 7. The van der Waals surface area contributed by atoms with Gasteiger partial charge in [0.2, 0.25) is 5.91 Å². The number of amides is 1. The average molecular weight is 386 g/mol. The smallest absolute Gasteiger partial charge is 0.351 e. The van der Waals surface area contributed by atoms with Crippen LogP contribution in [0.15, 0.2) is 29.1 Å². The molecule has 1 aromatic heterocycles. The van der Waals surface area contributed by atoms with E-state index in [-0.39, 0.29) is 24.7 Å². The molecule has 152 valence electrons. The molecule has 1 amide bonds. The Morgan fingerprint density at radius 3 is 2.71 bits per heavy atom. The molecule has 1 fully saturated rings. The zero-order valence-electron chi connectivity index (χ0n) is 16.8. The molecule has 0 spiro atoms. The molecule has 1 aliphatic carbocycles. The number of carbonyl (C=O) groups is 1. The van der Waals surface area contributed by atoms with E-state index in [9.17, 15) is 14.7 Å². The fourth-order valence-corrected chi connectivity index (χ4v) is 3.78. The zero-order chi connectivity index (χ0) is 20.1. The summed E-state index contributed by atoms with van der Waals surface area (Å²) in [6, 6.07) is 7.57. The van der Waals surface area contributed by atoms with Crippen LogP contribution in [0.2, 0.25) is 0 Å². The van der Waals surface area contributed by atoms with Crippen molar-refractivity contribution in [3.8, 4) is 5.69 Å². The predicted octanol–water partition coefficient (Wildman–Crippen LogP) is 2.11. The van der Waals surface area contributed by atoms with Gasteiger partial charge in [-0.15, -0.1) is 5.10 Å². The normalized spacial score (nSPS) is 16.1. The molecule has 1 aliphatic rings. The summed E-state index contributed by atoms with van der Waals surface area (Å²) < 4.78 is 2.80. The molecular formula is C21H30N4O3. The number of aromatic nitrogens is 3. The Bertz CT molecular complexity index is 878. The van der Waals surface area contributed by atoms with Gasteiger partial charge in [0.05, 0.1) is 11.3 Å². The molecule has 28 heavy (non-hydrogen) atoms. The Labute approximate surface area is 165 Å². The van der Waals surface area contributed by atoms with Crippen molar-refractivity contribution in [1.82, 2.24) is 19.7 Å². The second kappa shape index (κ2) is 8.73. The van der Waals surface area contributed by atoms with Crippen LogP contribution < -0.4 is 11.0 Å². The van der Waals surface area contributed by atoms with Gasteiger partial charge in [0.15, 0.2) is 0 Å². The molecule has 0 saturated heterocycles. The maximum atomic E-state index is 12.9. The maximum Gasteiger partial charge on any atom is 0.351 e. The summed E-state index contributed by atoms with van der Waals surface area (Å²) in [6.45, 7) is 4.12. The number of aliphatic hydroxyl groups is 1. The summed E-state index contributed by atoms with van der Waals surface area (Å²) in [4.78, 5) is 25.4. The van der Waals surface area contributed by atoms with Crippen LogP contribution in [0.1, 0.15) is 56.8 Å². The molecule has 7 nitrogen and oxygen atoms in total. The van der Waals surface area contributed by atoms with E-state index >= 15 is 0 Å². The summed E-state index contributed by atoms with van der Waals surface area (Å²) in [7, 11) is 0. The first-order valence-electron chi connectivity index (χ1n) is 10.2. The van der Waals surface area contributed by atoms with E-state index in [1.54, 1.807) is 0 Å². The molecule has 2 aromatic rings. The number of nitrogens with zero attached hydrogens (tertiary/aromatic N) is 3. The van der Waals surface area contributed by atoms with Crippen LogP contribution in [0.3, 0.4) is 0 Å². The third kappa shape index (κ3) is 4.70. The minimum absolute atomic E-state index is 0.0872. The number of carbonyl (C=O) groups excluding carboxylic acids is 1. The third-order valence-corrected chi connectivity index (χ3v) is 5.36. The Kier molecular flexibility index (Phi) is 6.34. The largest absolute Gasteiger partial charge is 0.388 e. The quantitative estimate of drug-likeness (QED) is 0.763. The molecule has 0 unspecified atom stereocenters. The highest BCUT2D eigenvalue weighted by atomic mass is 16.3. The standard InChI is InChI=1S/C21H30N4O3/c1-3-8-18-23-25(17-10-7-9-16(2)13-17)20(27)24(18)14-19(26)22-15-21(28)11-5-4-6-12-21/h7,9-10,13,28H,3-6,8,11-12,14-15H2,1-2H3,(H,22,26). The van der Waals surface area contributed by atoms with Crippen molar-refractivity contribution in [3.63, 3.8) is 0 Å². The van der Waals surface area contributed by atoms with E-state index < -0.39 is 5.60 Å². The van der Waals surface area contributed by atoms with Gasteiger partial charge < -0.3 is 10.4 Å². The van der Waals surface area contributed by atoms with E-state index in [4.69, 9.17) is 0 Å². The molecule has 2 N–H and O–H groups in total. The Morgan fingerprint density at radius 1 is 1.29 bits per heavy atom. The lowest BCUT2D eigenvalue weighted by atomic mass is 9.85. The van der Waals surface area contributed by atoms with Gasteiger partial charge in [-0.3, -0.25) is 9.36 Å². The van der Waals surface area contributed by atoms with Crippen molar-refractivity contribution in [2.24, 2.45) is 0 Å². The van der Waals surface area contributed by atoms with Gasteiger partial charge in [0.1, 0.15) is 12.4 Å². The molecular weight excluding hydrogens is 356 g/mol. The molecule has 7 heteroatoms. The van der Waals surface area contributed by atoms with Gasteiger partial charge >= 0.3 is 5.69 Å². The maximum absolute atomic E-state index is 12.9. The SMILES string of the molecule is CCCc1nn(-c2cccc(C)c2)c(=O)n1CC(=O)NCC1(O)CCCCC1. The molecule has 1 saturated carbocycles.